The van der Waals surface area contributed by atoms with E-state index in [0.717, 1.165) is 25.3 Å². The quantitative estimate of drug-likeness (QED) is 0.424. The molecule has 9 nitrogen and oxygen atoms in total. The number of methoxy groups -OCH3 is 2. The fourth-order valence-electron chi connectivity index (χ4n) is 3.15. The van der Waals surface area contributed by atoms with Gasteiger partial charge in [-0.25, -0.2) is 22.4 Å². The number of hydrogen-bond donors (Lipinski definition) is 3. The van der Waals surface area contributed by atoms with E-state index in [1.165, 1.54) is 25.3 Å². The molecule has 3 N–H and O–H groups in total. The van der Waals surface area contributed by atoms with Gasteiger partial charge in [-0.2, -0.15) is 0 Å². The van der Waals surface area contributed by atoms with Crippen LogP contribution in [0, 0.1) is 5.82 Å². The van der Waals surface area contributed by atoms with Crippen LogP contribution in [0.15, 0.2) is 52.6 Å². The Kier molecular flexibility index (Phi) is 6.60. The molecule has 0 spiro atoms. The summed E-state index contributed by atoms with van der Waals surface area (Å²) in [5.74, 6) is -2.57. The topological polar surface area (TPSA) is 131 Å². The Morgan fingerprint density at radius 1 is 1.22 bits per heavy atom. The second kappa shape index (κ2) is 9.05. The first-order valence-corrected chi connectivity index (χ1v) is 11.0. The number of benzene rings is 2. The lowest BCUT2D eigenvalue weighted by molar-refractivity contribution is -0.136. The molecule has 0 bridgehead atoms. The first-order valence-electron chi connectivity index (χ1n) is 9.01. The monoisotopic (exact) mass is 484 g/mol. The molecule has 1 aliphatic heterocycles. The minimum atomic E-state index is -4.15. The van der Waals surface area contributed by atoms with Crippen molar-refractivity contribution in [2.24, 2.45) is 0 Å². The smallest absolute Gasteiger partial charge is 0.338 e. The molecule has 1 atom stereocenters. The van der Waals surface area contributed by atoms with Crippen molar-refractivity contribution in [3.05, 3.63) is 64.1 Å². The Bertz CT molecular complexity index is 1230. The summed E-state index contributed by atoms with van der Waals surface area (Å²) in [4.78, 5) is 24.6. The minimum Gasteiger partial charge on any atom is -0.504 e. The van der Waals surface area contributed by atoms with Crippen molar-refractivity contribution in [2.45, 2.75) is 10.9 Å². The number of phenolic OH excluding ortho intramolecular Hbond substituents is 1. The summed E-state index contributed by atoms with van der Waals surface area (Å²) in [6.45, 7) is 0. The molecule has 0 saturated carbocycles. The second-order valence-corrected chi connectivity index (χ2v) is 9.08. The Hall–Kier alpha value is -3.31. The van der Waals surface area contributed by atoms with Crippen molar-refractivity contribution < 1.29 is 37.0 Å². The molecular weight excluding hydrogens is 467 g/mol. The van der Waals surface area contributed by atoms with Crippen LogP contribution >= 0.6 is 11.6 Å². The van der Waals surface area contributed by atoms with Gasteiger partial charge in [-0.15, -0.1) is 0 Å². The van der Waals surface area contributed by atoms with Gasteiger partial charge >= 0.3 is 12.0 Å². The molecule has 2 amide bonds. The number of urea groups is 1. The maximum atomic E-state index is 13.4. The fraction of sp³-hybridized carbons (Fsp3) is 0.200. The third kappa shape index (κ3) is 4.63. The molecule has 0 aliphatic carbocycles. The number of phenols is 1. The lowest BCUT2D eigenvalue weighted by atomic mass is 9.95. The Morgan fingerprint density at radius 3 is 2.56 bits per heavy atom. The molecule has 2 aromatic rings. The van der Waals surface area contributed by atoms with Crippen LogP contribution in [-0.4, -0.2) is 45.5 Å². The van der Waals surface area contributed by atoms with E-state index in [4.69, 9.17) is 21.1 Å². The Morgan fingerprint density at radius 2 is 1.94 bits per heavy atom. The molecule has 0 unspecified atom stereocenters. The normalized spacial score (nSPS) is 16.2. The van der Waals surface area contributed by atoms with Crippen molar-refractivity contribution in [3.63, 3.8) is 0 Å². The van der Waals surface area contributed by atoms with Gasteiger partial charge in [-0.1, -0.05) is 17.7 Å². The molecule has 12 heteroatoms. The Balaban J connectivity index is 2.12. The first kappa shape index (κ1) is 23.4. The highest BCUT2D eigenvalue weighted by molar-refractivity contribution is 7.91. The number of amides is 2. The maximum absolute atomic E-state index is 13.4. The predicted molar refractivity (Wildman–Crippen MR) is 112 cm³/mol. The fourth-order valence-corrected chi connectivity index (χ4v) is 4.74. The highest BCUT2D eigenvalue weighted by Crippen LogP contribution is 2.34. The summed E-state index contributed by atoms with van der Waals surface area (Å²) in [7, 11) is -1.72. The van der Waals surface area contributed by atoms with E-state index in [-0.39, 0.29) is 27.7 Å². The van der Waals surface area contributed by atoms with Crippen LogP contribution in [0.1, 0.15) is 11.6 Å². The number of nitrogens with one attached hydrogen (secondary N) is 2. The van der Waals surface area contributed by atoms with Gasteiger partial charge in [0.05, 0.1) is 41.5 Å². The third-order valence-electron chi connectivity index (χ3n) is 4.68. The highest BCUT2D eigenvalue weighted by atomic mass is 35.5. The molecule has 3 rings (SSSR count). The van der Waals surface area contributed by atoms with Crippen LogP contribution in [0.2, 0.25) is 5.02 Å². The number of sulfone groups is 1. The van der Waals surface area contributed by atoms with Crippen molar-refractivity contribution in [1.82, 2.24) is 10.6 Å². The number of esters is 1. The highest BCUT2D eigenvalue weighted by Gasteiger charge is 2.36. The van der Waals surface area contributed by atoms with E-state index >= 15 is 0 Å². The SMILES string of the molecule is COC(=O)C1=C(CS(=O)(=O)c2ccc(F)c(Cl)c2)NC(=O)N[C@H]1c1ccc(O)c(OC)c1. The van der Waals surface area contributed by atoms with Gasteiger partial charge in [0, 0.05) is 5.70 Å². The van der Waals surface area contributed by atoms with Crippen LogP contribution in [0.3, 0.4) is 0 Å². The van der Waals surface area contributed by atoms with Gasteiger partial charge in [-0.3, -0.25) is 0 Å². The van der Waals surface area contributed by atoms with Gasteiger partial charge in [0.25, 0.3) is 0 Å². The van der Waals surface area contributed by atoms with Crippen molar-refractivity contribution >= 4 is 33.4 Å². The molecule has 0 saturated heterocycles. The van der Waals surface area contributed by atoms with Crippen LogP contribution in [-0.2, 0) is 19.4 Å². The maximum Gasteiger partial charge on any atom is 0.338 e. The molecule has 32 heavy (non-hydrogen) atoms. The zero-order chi connectivity index (χ0) is 23.6. The average molecular weight is 485 g/mol. The molecular formula is C20H18ClFN2O7S. The zero-order valence-electron chi connectivity index (χ0n) is 16.8. The molecule has 0 fully saturated rings. The summed E-state index contributed by atoms with van der Waals surface area (Å²) in [5, 5.41) is 14.3. The lowest BCUT2D eigenvalue weighted by Gasteiger charge is -2.29. The third-order valence-corrected chi connectivity index (χ3v) is 6.61. The van der Waals surface area contributed by atoms with E-state index < -0.39 is 44.5 Å². The standard InChI is InChI=1S/C20H18ClFN2O7S/c1-30-16-7-10(3-6-15(16)25)18-17(19(26)31-2)14(23-20(27)24-18)9-32(28,29)11-4-5-13(22)12(21)8-11/h3-8,18,25H,9H2,1-2H3,(H2,23,24,27)/t18-/m0/s1. The number of hydrogen-bond acceptors (Lipinski definition) is 7. The molecule has 1 aliphatic rings. The lowest BCUT2D eigenvalue weighted by Crippen LogP contribution is -2.47. The van der Waals surface area contributed by atoms with Crippen molar-refractivity contribution in [3.8, 4) is 11.5 Å². The number of carbonyl (C=O) groups excluding carboxylic acids is 2. The van der Waals surface area contributed by atoms with Crippen LogP contribution in [0.5, 0.6) is 11.5 Å². The van der Waals surface area contributed by atoms with Gasteiger partial charge in [0.2, 0.25) is 0 Å². The van der Waals surface area contributed by atoms with E-state index in [0.29, 0.717) is 5.56 Å². The Labute approximate surface area is 187 Å². The molecule has 2 aromatic carbocycles. The molecule has 1 heterocycles. The molecule has 0 radical (unpaired) electrons. The number of aromatic hydroxyl groups is 1. The summed E-state index contributed by atoms with van der Waals surface area (Å²) in [6, 6.07) is 5.12. The van der Waals surface area contributed by atoms with Gasteiger partial charge in [-0.05, 0) is 35.9 Å². The summed E-state index contributed by atoms with van der Waals surface area (Å²) in [5.41, 5.74) is -0.0654. The predicted octanol–water partition coefficient (Wildman–Crippen LogP) is 2.45. The zero-order valence-corrected chi connectivity index (χ0v) is 18.4. The van der Waals surface area contributed by atoms with E-state index in [2.05, 4.69) is 10.6 Å². The number of rotatable bonds is 6. The number of halogens is 2. The largest absolute Gasteiger partial charge is 0.504 e. The van der Waals surface area contributed by atoms with Crippen molar-refractivity contribution in [1.29, 1.82) is 0 Å². The van der Waals surface area contributed by atoms with Gasteiger partial charge < -0.3 is 25.2 Å². The summed E-state index contributed by atoms with van der Waals surface area (Å²) < 4.78 is 49.2. The second-order valence-electron chi connectivity index (χ2n) is 6.68. The van der Waals surface area contributed by atoms with E-state index in [1.807, 2.05) is 0 Å². The van der Waals surface area contributed by atoms with E-state index in [9.17, 15) is 27.5 Å². The summed E-state index contributed by atoms with van der Waals surface area (Å²) >= 11 is 5.69. The van der Waals surface area contributed by atoms with Crippen LogP contribution in [0.25, 0.3) is 0 Å². The minimum absolute atomic E-state index is 0.0784. The van der Waals surface area contributed by atoms with Gasteiger partial charge in [0.15, 0.2) is 21.3 Å². The molecule has 0 aromatic heterocycles. The van der Waals surface area contributed by atoms with Crippen LogP contribution < -0.4 is 15.4 Å². The van der Waals surface area contributed by atoms with Crippen molar-refractivity contribution in [2.75, 3.05) is 20.0 Å². The number of carbonyl (C=O) groups is 2. The summed E-state index contributed by atoms with van der Waals surface area (Å²) in [6.07, 6.45) is 0. The van der Waals surface area contributed by atoms with Crippen LogP contribution in [0.4, 0.5) is 9.18 Å². The first-order chi connectivity index (χ1) is 15.1. The number of ether oxygens (including phenoxy) is 2. The molecule has 170 valence electrons. The van der Waals surface area contributed by atoms with E-state index in [1.54, 1.807) is 0 Å². The average Bonchev–Trinajstić information content (AvgIpc) is 2.74. The van der Waals surface area contributed by atoms with Gasteiger partial charge in [0.1, 0.15) is 5.82 Å².